The number of hydrogen-bond donors (Lipinski definition) is 1. The Hall–Kier alpha value is -3.55. The summed E-state index contributed by atoms with van der Waals surface area (Å²) in [4.78, 5) is 24.1. The molecule has 0 unspecified atom stereocenters. The minimum absolute atomic E-state index is 0.189. The van der Waals surface area contributed by atoms with Crippen LogP contribution in [0, 0.1) is 0 Å². The van der Waals surface area contributed by atoms with Gasteiger partial charge in [-0.3, -0.25) is 4.79 Å². The molecule has 3 aromatic carbocycles. The Balaban J connectivity index is 1.47. The fourth-order valence-electron chi connectivity index (χ4n) is 2.47. The maximum Gasteiger partial charge on any atom is 0.345 e. The van der Waals surface area contributed by atoms with Crippen LogP contribution in [0.4, 0.5) is 0 Å². The minimum atomic E-state index is -0.600. The van der Waals surface area contributed by atoms with E-state index in [1.165, 1.54) is 18.3 Å². The number of carbonyl (C=O) groups is 2. The van der Waals surface area contributed by atoms with Gasteiger partial charge in [0.1, 0.15) is 17.2 Å². The Bertz CT molecular complexity index is 1120. The Labute approximate surface area is 194 Å². The lowest BCUT2D eigenvalue weighted by atomic mass is 10.2. The van der Waals surface area contributed by atoms with Crippen molar-refractivity contribution in [1.82, 2.24) is 5.43 Å². The SMILES string of the molecule is COc1ccc(OCC(=O)NN=Cc2ccc(OC(=O)c3ccc(Cl)cc3Cl)cc2)cc1. The molecule has 7 nitrogen and oxygen atoms in total. The molecule has 0 atom stereocenters. The van der Waals surface area contributed by atoms with Crippen molar-refractivity contribution in [1.29, 1.82) is 0 Å². The molecular formula is C23H18Cl2N2O5. The summed E-state index contributed by atoms with van der Waals surface area (Å²) in [7, 11) is 1.57. The first-order valence-corrected chi connectivity index (χ1v) is 10.1. The maximum atomic E-state index is 12.2. The van der Waals surface area contributed by atoms with E-state index < -0.39 is 11.9 Å². The van der Waals surface area contributed by atoms with Crippen LogP contribution in [0.15, 0.2) is 71.8 Å². The van der Waals surface area contributed by atoms with Gasteiger partial charge in [0.25, 0.3) is 5.91 Å². The summed E-state index contributed by atoms with van der Waals surface area (Å²) in [5.41, 5.74) is 3.27. The fraction of sp³-hybridized carbons (Fsp3) is 0.0870. The average Bonchev–Trinajstić information content (AvgIpc) is 2.79. The summed E-state index contributed by atoms with van der Waals surface area (Å²) in [5, 5.41) is 4.51. The van der Waals surface area contributed by atoms with Crippen molar-refractivity contribution in [2.24, 2.45) is 5.10 Å². The third kappa shape index (κ3) is 6.73. The molecule has 9 heteroatoms. The number of amides is 1. The zero-order valence-corrected chi connectivity index (χ0v) is 18.4. The molecule has 0 fully saturated rings. The quantitative estimate of drug-likeness (QED) is 0.221. The molecule has 0 saturated carbocycles. The molecule has 1 amide bonds. The summed E-state index contributed by atoms with van der Waals surface area (Å²) in [5.74, 6) is 0.547. The van der Waals surface area contributed by atoms with E-state index >= 15 is 0 Å². The van der Waals surface area contributed by atoms with Gasteiger partial charge in [-0.05, 0) is 72.3 Å². The molecule has 0 bridgehead atoms. The molecule has 0 heterocycles. The van der Waals surface area contributed by atoms with Gasteiger partial charge in [-0.15, -0.1) is 0 Å². The second-order valence-electron chi connectivity index (χ2n) is 6.34. The molecule has 32 heavy (non-hydrogen) atoms. The van der Waals surface area contributed by atoms with Crippen molar-refractivity contribution in [2.45, 2.75) is 0 Å². The number of hydrogen-bond acceptors (Lipinski definition) is 6. The molecule has 0 saturated heterocycles. The Kier molecular flexibility index (Phi) is 8.08. The first-order chi connectivity index (χ1) is 15.4. The molecule has 0 aliphatic carbocycles. The number of methoxy groups -OCH3 is 1. The smallest absolute Gasteiger partial charge is 0.345 e. The maximum absolute atomic E-state index is 12.2. The van der Waals surface area contributed by atoms with E-state index in [9.17, 15) is 9.59 Å². The summed E-state index contributed by atoms with van der Waals surface area (Å²) in [6.45, 7) is -0.189. The van der Waals surface area contributed by atoms with Crippen LogP contribution in [0.3, 0.4) is 0 Å². The number of hydrazone groups is 1. The first kappa shape index (κ1) is 23.1. The molecule has 0 radical (unpaired) electrons. The van der Waals surface area contributed by atoms with Crippen LogP contribution in [0.1, 0.15) is 15.9 Å². The van der Waals surface area contributed by atoms with Gasteiger partial charge >= 0.3 is 5.97 Å². The van der Waals surface area contributed by atoms with Gasteiger partial charge in [0, 0.05) is 5.02 Å². The zero-order chi connectivity index (χ0) is 22.9. The van der Waals surface area contributed by atoms with Crippen molar-refractivity contribution in [3.8, 4) is 17.2 Å². The highest BCUT2D eigenvalue weighted by molar-refractivity contribution is 6.36. The first-order valence-electron chi connectivity index (χ1n) is 9.30. The molecule has 0 aromatic heterocycles. The summed E-state index contributed by atoms with van der Waals surface area (Å²) in [6, 6.07) is 17.9. The predicted molar refractivity (Wildman–Crippen MR) is 122 cm³/mol. The lowest BCUT2D eigenvalue weighted by Crippen LogP contribution is -2.24. The van der Waals surface area contributed by atoms with Crippen molar-refractivity contribution < 1.29 is 23.8 Å². The molecular weight excluding hydrogens is 455 g/mol. The monoisotopic (exact) mass is 472 g/mol. The fourth-order valence-corrected chi connectivity index (χ4v) is 2.96. The number of esters is 1. The third-order valence-corrected chi connectivity index (χ3v) is 4.62. The van der Waals surface area contributed by atoms with E-state index in [1.54, 1.807) is 61.7 Å². The largest absolute Gasteiger partial charge is 0.497 e. The number of halogens is 2. The van der Waals surface area contributed by atoms with Gasteiger partial charge < -0.3 is 14.2 Å². The second-order valence-corrected chi connectivity index (χ2v) is 7.18. The summed E-state index contributed by atoms with van der Waals surface area (Å²) < 4.78 is 15.7. The molecule has 1 N–H and O–H groups in total. The molecule has 3 rings (SSSR count). The van der Waals surface area contributed by atoms with Crippen molar-refractivity contribution in [2.75, 3.05) is 13.7 Å². The van der Waals surface area contributed by atoms with Crippen molar-refractivity contribution in [3.05, 3.63) is 87.9 Å². The molecule has 0 spiro atoms. The summed E-state index contributed by atoms with van der Waals surface area (Å²) in [6.07, 6.45) is 1.45. The van der Waals surface area contributed by atoms with Crippen molar-refractivity contribution >= 4 is 41.3 Å². The second kappa shape index (κ2) is 11.2. The highest BCUT2D eigenvalue weighted by atomic mass is 35.5. The predicted octanol–water partition coefficient (Wildman–Crippen LogP) is 4.75. The van der Waals surface area contributed by atoms with Crippen LogP contribution in [0.5, 0.6) is 17.2 Å². The highest BCUT2D eigenvalue weighted by Gasteiger charge is 2.13. The summed E-state index contributed by atoms with van der Waals surface area (Å²) >= 11 is 11.8. The van der Waals surface area contributed by atoms with Crippen LogP contribution in [0.25, 0.3) is 0 Å². The lowest BCUT2D eigenvalue weighted by molar-refractivity contribution is -0.123. The highest BCUT2D eigenvalue weighted by Crippen LogP contribution is 2.23. The molecule has 164 valence electrons. The minimum Gasteiger partial charge on any atom is -0.497 e. The van der Waals surface area contributed by atoms with Gasteiger partial charge in [-0.2, -0.15) is 5.10 Å². The number of carbonyl (C=O) groups excluding carboxylic acids is 2. The van der Waals surface area contributed by atoms with E-state index in [0.717, 1.165) is 0 Å². The third-order valence-electron chi connectivity index (χ3n) is 4.07. The standard InChI is InChI=1S/C23H18Cl2N2O5/c1-30-17-7-9-18(10-8-17)31-14-22(28)27-26-13-15-2-5-19(6-3-15)32-23(29)20-11-4-16(24)12-21(20)25/h2-13H,14H2,1H3,(H,27,28). The Morgan fingerprint density at radius 2 is 1.59 bits per heavy atom. The van der Waals surface area contributed by atoms with Crippen molar-refractivity contribution in [3.63, 3.8) is 0 Å². The van der Waals surface area contributed by atoms with Crippen LogP contribution in [-0.4, -0.2) is 31.8 Å². The number of ether oxygens (including phenoxy) is 3. The van der Waals surface area contributed by atoms with E-state index in [1.807, 2.05) is 0 Å². The lowest BCUT2D eigenvalue weighted by Gasteiger charge is -2.06. The molecule has 3 aromatic rings. The number of benzene rings is 3. The number of rotatable bonds is 8. The molecule has 0 aliphatic rings. The number of nitrogens with zero attached hydrogens (tertiary/aromatic N) is 1. The van der Waals surface area contributed by atoms with Crippen LogP contribution >= 0.6 is 23.2 Å². The van der Waals surface area contributed by atoms with Crippen LogP contribution in [0.2, 0.25) is 10.0 Å². The Morgan fingerprint density at radius 3 is 2.25 bits per heavy atom. The van der Waals surface area contributed by atoms with E-state index in [-0.39, 0.29) is 17.2 Å². The van der Waals surface area contributed by atoms with Gasteiger partial charge in [0.2, 0.25) is 0 Å². The molecule has 0 aliphatic heterocycles. The van der Waals surface area contributed by atoms with Gasteiger partial charge in [-0.1, -0.05) is 23.2 Å². The normalized spacial score (nSPS) is 10.6. The van der Waals surface area contributed by atoms with Crippen LogP contribution < -0.4 is 19.6 Å². The zero-order valence-electron chi connectivity index (χ0n) is 16.9. The van der Waals surface area contributed by atoms with Crippen LogP contribution in [-0.2, 0) is 4.79 Å². The van der Waals surface area contributed by atoms with E-state index in [0.29, 0.717) is 27.8 Å². The number of nitrogens with one attached hydrogen (secondary N) is 1. The van der Waals surface area contributed by atoms with E-state index in [2.05, 4.69) is 10.5 Å². The van der Waals surface area contributed by atoms with E-state index in [4.69, 9.17) is 37.4 Å². The van der Waals surface area contributed by atoms with Gasteiger partial charge in [0.05, 0.1) is 23.9 Å². The topological polar surface area (TPSA) is 86.2 Å². The average molecular weight is 473 g/mol. The van der Waals surface area contributed by atoms with Gasteiger partial charge in [-0.25, -0.2) is 10.2 Å². The Morgan fingerprint density at radius 1 is 0.938 bits per heavy atom. The van der Waals surface area contributed by atoms with Gasteiger partial charge in [0.15, 0.2) is 6.61 Å².